The summed E-state index contributed by atoms with van der Waals surface area (Å²) >= 11 is 5.31. The SMILES string of the molecule is CCN1C(=O)C(CC(=O)Nc2ccc(F)cc2)N(NC(=O)c2ccncc2)C1=S. The lowest BCUT2D eigenvalue weighted by Crippen LogP contribution is -2.49. The minimum absolute atomic E-state index is 0.111. The molecule has 1 aromatic carbocycles. The van der Waals surface area contributed by atoms with Crippen LogP contribution in [-0.2, 0) is 9.59 Å². The number of nitrogens with zero attached hydrogens (tertiary/aromatic N) is 3. The first kappa shape index (κ1) is 20.3. The molecule has 1 unspecified atom stereocenters. The number of carbonyl (C=O) groups excluding carboxylic acids is 3. The van der Waals surface area contributed by atoms with Crippen LogP contribution < -0.4 is 10.7 Å². The maximum atomic E-state index is 13.0. The number of carbonyl (C=O) groups is 3. The smallest absolute Gasteiger partial charge is 0.269 e. The molecular weight excluding hydrogens is 397 g/mol. The fourth-order valence-corrected chi connectivity index (χ4v) is 3.23. The Bertz CT molecular complexity index is 939. The molecule has 1 aliphatic heterocycles. The van der Waals surface area contributed by atoms with Crippen molar-refractivity contribution in [3.63, 3.8) is 0 Å². The summed E-state index contributed by atoms with van der Waals surface area (Å²) < 4.78 is 13.0. The van der Waals surface area contributed by atoms with Gasteiger partial charge in [0.15, 0.2) is 5.11 Å². The zero-order valence-electron chi connectivity index (χ0n) is 15.5. The van der Waals surface area contributed by atoms with Crippen molar-refractivity contribution in [3.05, 3.63) is 60.2 Å². The van der Waals surface area contributed by atoms with E-state index >= 15 is 0 Å². The van der Waals surface area contributed by atoms with Gasteiger partial charge in [0, 0.05) is 30.2 Å². The lowest BCUT2D eigenvalue weighted by Gasteiger charge is -2.24. The summed E-state index contributed by atoms with van der Waals surface area (Å²) in [6.07, 6.45) is 2.69. The van der Waals surface area contributed by atoms with E-state index in [9.17, 15) is 18.8 Å². The number of benzene rings is 1. The highest BCUT2D eigenvalue weighted by atomic mass is 32.1. The van der Waals surface area contributed by atoms with Crippen LogP contribution in [0.1, 0.15) is 23.7 Å². The van der Waals surface area contributed by atoms with Crippen molar-refractivity contribution in [3.8, 4) is 0 Å². The number of rotatable bonds is 6. The first-order chi connectivity index (χ1) is 13.9. The topological polar surface area (TPSA) is 94.6 Å². The Morgan fingerprint density at radius 1 is 1.17 bits per heavy atom. The van der Waals surface area contributed by atoms with E-state index in [2.05, 4.69) is 15.7 Å². The molecule has 2 aromatic rings. The number of anilines is 1. The molecule has 150 valence electrons. The molecule has 1 saturated heterocycles. The maximum Gasteiger partial charge on any atom is 0.269 e. The van der Waals surface area contributed by atoms with Gasteiger partial charge >= 0.3 is 0 Å². The number of amides is 3. The number of pyridine rings is 1. The van der Waals surface area contributed by atoms with Gasteiger partial charge in [-0.1, -0.05) is 0 Å². The van der Waals surface area contributed by atoms with Crippen LogP contribution in [0.5, 0.6) is 0 Å². The van der Waals surface area contributed by atoms with Gasteiger partial charge in [-0.05, 0) is 55.5 Å². The second kappa shape index (κ2) is 8.74. The molecule has 8 nitrogen and oxygen atoms in total. The summed E-state index contributed by atoms with van der Waals surface area (Å²) in [6, 6.07) is 7.30. The van der Waals surface area contributed by atoms with Gasteiger partial charge in [0.1, 0.15) is 11.9 Å². The quantitative estimate of drug-likeness (QED) is 0.698. The average molecular weight is 415 g/mol. The van der Waals surface area contributed by atoms with Gasteiger partial charge in [-0.2, -0.15) is 0 Å². The molecule has 3 rings (SSSR count). The van der Waals surface area contributed by atoms with E-state index in [-0.39, 0.29) is 17.4 Å². The number of hydrogen-bond acceptors (Lipinski definition) is 5. The van der Waals surface area contributed by atoms with E-state index < -0.39 is 23.7 Å². The van der Waals surface area contributed by atoms with Crippen molar-refractivity contribution in [2.75, 3.05) is 11.9 Å². The molecule has 1 aliphatic rings. The van der Waals surface area contributed by atoms with Crippen LogP contribution >= 0.6 is 12.2 Å². The molecule has 0 spiro atoms. The van der Waals surface area contributed by atoms with Crippen molar-refractivity contribution in [1.29, 1.82) is 0 Å². The first-order valence-electron chi connectivity index (χ1n) is 8.81. The van der Waals surface area contributed by atoms with E-state index in [0.29, 0.717) is 17.8 Å². The van der Waals surface area contributed by atoms with Crippen molar-refractivity contribution < 1.29 is 18.8 Å². The Morgan fingerprint density at radius 2 is 1.83 bits per heavy atom. The lowest BCUT2D eigenvalue weighted by atomic mass is 10.2. The van der Waals surface area contributed by atoms with Crippen molar-refractivity contribution in [1.82, 2.24) is 20.3 Å². The Labute approximate surface area is 171 Å². The van der Waals surface area contributed by atoms with E-state index in [0.717, 1.165) is 0 Å². The van der Waals surface area contributed by atoms with Gasteiger partial charge in [-0.15, -0.1) is 0 Å². The summed E-state index contributed by atoms with van der Waals surface area (Å²) in [4.78, 5) is 42.8. The maximum absolute atomic E-state index is 13.0. The summed E-state index contributed by atoms with van der Waals surface area (Å²) in [5, 5.41) is 3.94. The van der Waals surface area contributed by atoms with Crippen LogP contribution in [0.15, 0.2) is 48.8 Å². The number of halogens is 1. The molecular formula is C19H18FN5O3S. The van der Waals surface area contributed by atoms with Crippen LogP contribution in [-0.4, -0.2) is 50.3 Å². The van der Waals surface area contributed by atoms with Gasteiger partial charge in [0.2, 0.25) is 5.91 Å². The van der Waals surface area contributed by atoms with E-state index in [1.165, 1.54) is 58.7 Å². The number of likely N-dealkylation sites (N-methyl/N-ethyl adjacent to an activating group) is 1. The van der Waals surface area contributed by atoms with E-state index in [4.69, 9.17) is 12.2 Å². The van der Waals surface area contributed by atoms with Crippen molar-refractivity contribution in [2.45, 2.75) is 19.4 Å². The monoisotopic (exact) mass is 415 g/mol. The van der Waals surface area contributed by atoms with Crippen LogP contribution in [0.2, 0.25) is 0 Å². The fraction of sp³-hybridized carbons (Fsp3) is 0.211. The summed E-state index contributed by atoms with van der Waals surface area (Å²) in [6.45, 7) is 2.05. The third-order valence-electron chi connectivity index (χ3n) is 4.29. The predicted molar refractivity (Wildman–Crippen MR) is 107 cm³/mol. The predicted octanol–water partition coefficient (Wildman–Crippen LogP) is 1.71. The molecule has 2 heterocycles. The molecule has 29 heavy (non-hydrogen) atoms. The minimum atomic E-state index is -0.992. The number of nitrogens with one attached hydrogen (secondary N) is 2. The molecule has 2 N–H and O–H groups in total. The molecule has 1 fully saturated rings. The van der Waals surface area contributed by atoms with Gasteiger partial charge in [-0.3, -0.25) is 29.7 Å². The minimum Gasteiger partial charge on any atom is -0.326 e. The highest BCUT2D eigenvalue weighted by Crippen LogP contribution is 2.20. The molecule has 1 atom stereocenters. The van der Waals surface area contributed by atoms with Gasteiger partial charge in [-0.25, -0.2) is 9.40 Å². The summed E-state index contributed by atoms with van der Waals surface area (Å²) in [5.74, 6) is -1.77. The molecule has 1 aromatic heterocycles. The van der Waals surface area contributed by atoms with Crippen molar-refractivity contribution in [2.24, 2.45) is 0 Å². The van der Waals surface area contributed by atoms with Crippen molar-refractivity contribution >= 4 is 40.7 Å². The standard InChI is InChI=1S/C19H18FN5O3S/c1-2-24-18(28)15(11-16(26)22-14-5-3-13(20)4-6-14)25(19(24)29)23-17(27)12-7-9-21-10-8-12/h3-10,15H,2,11H2,1H3,(H,22,26)(H,23,27). The van der Waals surface area contributed by atoms with E-state index in [1.54, 1.807) is 6.92 Å². The number of hydrazine groups is 1. The van der Waals surface area contributed by atoms with Crippen LogP contribution in [0.3, 0.4) is 0 Å². The second-order valence-corrected chi connectivity index (χ2v) is 6.55. The Hall–Kier alpha value is -3.40. The third kappa shape index (κ3) is 4.54. The summed E-state index contributed by atoms with van der Waals surface area (Å²) in [5.41, 5.74) is 3.33. The zero-order valence-corrected chi connectivity index (χ0v) is 16.3. The highest BCUT2D eigenvalue weighted by molar-refractivity contribution is 7.80. The molecule has 10 heteroatoms. The van der Waals surface area contributed by atoms with Crippen LogP contribution in [0.4, 0.5) is 10.1 Å². The number of aromatic nitrogens is 1. The highest BCUT2D eigenvalue weighted by Gasteiger charge is 2.43. The number of hydrogen-bond donors (Lipinski definition) is 2. The zero-order chi connectivity index (χ0) is 21.0. The van der Waals surface area contributed by atoms with Crippen LogP contribution in [0, 0.1) is 5.82 Å². The largest absolute Gasteiger partial charge is 0.326 e. The van der Waals surface area contributed by atoms with Crippen LogP contribution in [0.25, 0.3) is 0 Å². The lowest BCUT2D eigenvalue weighted by molar-refractivity contribution is -0.130. The van der Waals surface area contributed by atoms with E-state index in [1.807, 2.05) is 0 Å². The Balaban J connectivity index is 1.75. The second-order valence-electron chi connectivity index (χ2n) is 6.19. The molecule has 0 aliphatic carbocycles. The first-order valence-corrected chi connectivity index (χ1v) is 9.22. The van der Waals surface area contributed by atoms with Gasteiger partial charge in [0.25, 0.3) is 11.8 Å². The average Bonchev–Trinajstić information content (AvgIpc) is 2.93. The molecule has 0 radical (unpaired) electrons. The molecule has 0 saturated carbocycles. The number of thiocarbonyl (C=S) groups is 1. The third-order valence-corrected chi connectivity index (χ3v) is 4.70. The molecule has 3 amide bonds. The molecule has 0 bridgehead atoms. The van der Waals surface area contributed by atoms with Gasteiger partial charge < -0.3 is 5.32 Å². The Morgan fingerprint density at radius 3 is 2.45 bits per heavy atom. The Kier molecular flexibility index (Phi) is 6.13. The van der Waals surface area contributed by atoms with Gasteiger partial charge in [0.05, 0.1) is 6.42 Å². The fourth-order valence-electron chi connectivity index (χ4n) is 2.84. The summed E-state index contributed by atoms with van der Waals surface area (Å²) in [7, 11) is 0. The normalized spacial score (nSPS) is 16.1.